The number of nitrogens with one attached hydrogen (secondary N) is 1. The number of ether oxygens (including phenoxy) is 1. The highest BCUT2D eigenvalue weighted by atomic mass is 19.1. The predicted molar refractivity (Wildman–Crippen MR) is 82.8 cm³/mol. The number of carbonyl (C=O) groups is 1. The number of hydrogen-bond acceptors (Lipinski definition) is 5. The lowest BCUT2D eigenvalue weighted by atomic mass is 10.0. The quantitative estimate of drug-likeness (QED) is 0.768. The zero-order valence-corrected chi connectivity index (χ0v) is 12.4. The Hall–Kier alpha value is -3.16. The third-order valence-corrected chi connectivity index (χ3v) is 3.93. The second-order valence-corrected chi connectivity index (χ2v) is 5.46. The van der Waals surface area contributed by atoms with Gasteiger partial charge < -0.3 is 15.2 Å². The van der Waals surface area contributed by atoms with Gasteiger partial charge in [0.25, 0.3) is 0 Å². The molecule has 1 aromatic carbocycles. The van der Waals surface area contributed by atoms with Crippen LogP contribution in [-0.2, 0) is 0 Å². The van der Waals surface area contributed by atoms with Crippen LogP contribution in [0.15, 0.2) is 36.7 Å². The summed E-state index contributed by atoms with van der Waals surface area (Å²) in [6.45, 7) is 0.506. The van der Waals surface area contributed by atoms with Gasteiger partial charge in [0, 0.05) is 18.2 Å². The van der Waals surface area contributed by atoms with E-state index in [9.17, 15) is 14.3 Å². The van der Waals surface area contributed by atoms with Crippen molar-refractivity contribution >= 4 is 17.4 Å². The first-order valence-corrected chi connectivity index (χ1v) is 7.38. The van der Waals surface area contributed by atoms with Gasteiger partial charge in [-0.2, -0.15) is 5.10 Å². The van der Waals surface area contributed by atoms with Crippen LogP contribution in [0, 0.1) is 5.82 Å². The molecule has 2 N–H and O–H groups in total. The summed E-state index contributed by atoms with van der Waals surface area (Å²) in [6, 6.07) is 5.92. The number of halogens is 1. The molecule has 0 aliphatic carbocycles. The Balaban J connectivity index is 1.69. The predicted octanol–water partition coefficient (Wildman–Crippen LogP) is 2.50. The highest BCUT2D eigenvalue weighted by Crippen LogP contribution is 2.34. The van der Waals surface area contributed by atoms with Crippen LogP contribution in [0.2, 0.25) is 0 Å². The summed E-state index contributed by atoms with van der Waals surface area (Å²) in [5.41, 5.74) is 0.992. The Morgan fingerprint density at radius 1 is 1.42 bits per heavy atom. The van der Waals surface area contributed by atoms with Gasteiger partial charge >= 0.3 is 5.97 Å². The third kappa shape index (κ3) is 2.41. The minimum Gasteiger partial charge on any atom is -0.493 e. The molecular formula is C16H13FN4O3. The second-order valence-electron chi connectivity index (χ2n) is 5.46. The highest BCUT2D eigenvalue weighted by Gasteiger charge is 2.23. The van der Waals surface area contributed by atoms with Crippen molar-refractivity contribution in [2.24, 2.45) is 0 Å². The number of aromatic nitrogens is 3. The maximum Gasteiger partial charge on any atom is 0.341 e. The molecule has 3 heterocycles. The largest absolute Gasteiger partial charge is 0.493 e. The maximum absolute atomic E-state index is 13.5. The fraction of sp³-hybridized carbons (Fsp3) is 0.188. The molecule has 0 saturated heterocycles. The van der Waals surface area contributed by atoms with Crippen LogP contribution in [0.3, 0.4) is 0 Å². The molecule has 0 radical (unpaired) electrons. The molecule has 1 aliphatic rings. The first-order valence-electron chi connectivity index (χ1n) is 7.38. The van der Waals surface area contributed by atoms with Gasteiger partial charge in [-0.25, -0.2) is 18.7 Å². The maximum atomic E-state index is 13.5. The van der Waals surface area contributed by atoms with E-state index in [2.05, 4.69) is 15.4 Å². The van der Waals surface area contributed by atoms with Gasteiger partial charge in [-0.05, 0) is 24.3 Å². The van der Waals surface area contributed by atoms with Crippen LogP contribution in [-0.4, -0.2) is 32.3 Å². The second kappa shape index (κ2) is 5.48. The molecule has 122 valence electrons. The van der Waals surface area contributed by atoms with Gasteiger partial charge in [-0.15, -0.1) is 0 Å². The molecule has 4 rings (SSSR count). The van der Waals surface area contributed by atoms with E-state index in [1.54, 1.807) is 18.3 Å². The van der Waals surface area contributed by atoms with Crippen LogP contribution < -0.4 is 10.1 Å². The van der Waals surface area contributed by atoms with Gasteiger partial charge in [-0.1, -0.05) is 0 Å². The third-order valence-electron chi connectivity index (χ3n) is 3.93. The molecule has 0 spiro atoms. The lowest BCUT2D eigenvalue weighted by Crippen LogP contribution is -2.21. The average Bonchev–Trinajstić information content (AvgIpc) is 2.99. The monoisotopic (exact) mass is 328 g/mol. The molecule has 24 heavy (non-hydrogen) atoms. The van der Waals surface area contributed by atoms with Crippen LogP contribution in [0.25, 0.3) is 5.65 Å². The standard InChI is InChI=1S/C16H13FN4O3/c17-9-1-2-13-10(7-9)12(4-6-24-13)19-14-3-5-21-15(20-14)11(8-18-21)16(22)23/h1-3,5,7-8,12H,4,6H2,(H,19,20)(H,22,23). The molecular weight excluding hydrogens is 315 g/mol. The number of hydrogen-bond donors (Lipinski definition) is 2. The Labute approximate surface area is 135 Å². The van der Waals surface area contributed by atoms with E-state index in [4.69, 9.17) is 4.74 Å². The summed E-state index contributed by atoms with van der Waals surface area (Å²) in [4.78, 5) is 15.5. The minimum absolute atomic E-state index is 0.0251. The van der Waals surface area contributed by atoms with E-state index in [1.807, 2.05) is 0 Å². The molecule has 7 nitrogen and oxygen atoms in total. The Morgan fingerprint density at radius 2 is 2.29 bits per heavy atom. The van der Waals surface area contributed by atoms with Crippen molar-refractivity contribution in [2.75, 3.05) is 11.9 Å². The van der Waals surface area contributed by atoms with Crippen LogP contribution >= 0.6 is 0 Å². The zero-order chi connectivity index (χ0) is 16.7. The van der Waals surface area contributed by atoms with Crippen molar-refractivity contribution in [3.05, 3.63) is 53.6 Å². The van der Waals surface area contributed by atoms with Crippen LogP contribution in [0.1, 0.15) is 28.4 Å². The number of rotatable bonds is 3. The fourth-order valence-electron chi connectivity index (χ4n) is 2.79. The van der Waals surface area contributed by atoms with Gasteiger partial charge in [-0.3, -0.25) is 0 Å². The summed E-state index contributed by atoms with van der Waals surface area (Å²) in [6.07, 6.45) is 3.53. The Kier molecular flexibility index (Phi) is 3.30. The molecule has 0 fully saturated rings. The van der Waals surface area contributed by atoms with Gasteiger partial charge in [0.2, 0.25) is 0 Å². The molecule has 2 aromatic heterocycles. The first kappa shape index (κ1) is 14.4. The number of fused-ring (bicyclic) bond motifs is 2. The van der Waals surface area contributed by atoms with Crippen molar-refractivity contribution in [2.45, 2.75) is 12.5 Å². The molecule has 8 heteroatoms. The molecule has 0 amide bonds. The fourth-order valence-corrected chi connectivity index (χ4v) is 2.79. The van der Waals surface area contributed by atoms with Crippen molar-refractivity contribution in [1.82, 2.24) is 14.6 Å². The zero-order valence-electron chi connectivity index (χ0n) is 12.4. The summed E-state index contributed by atoms with van der Waals surface area (Å²) >= 11 is 0. The number of carboxylic acid groups (broad SMARTS) is 1. The van der Waals surface area contributed by atoms with Gasteiger partial charge in [0.15, 0.2) is 5.65 Å². The molecule has 0 bridgehead atoms. The van der Waals surface area contributed by atoms with Crippen LogP contribution in [0.4, 0.5) is 10.2 Å². The summed E-state index contributed by atoms with van der Waals surface area (Å²) in [5, 5.41) is 16.3. The normalized spacial score (nSPS) is 16.5. The summed E-state index contributed by atoms with van der Waals surface area (Å²) in [7, 11) is 0. The number of anilines is 1. The number of nitrogens with zero attached hydrogens (tertiary/aromatic N) is 3. The minimum atomic E-state index is -1.09. The Morgan fingerprint density at radius 3 is 3.12 bits per heavy atom. The highest BCUT2D eigenvalue weighted by molar-refractivity contribution is 5.94. The van der Waals surface area contributed by atoms with Gasteiger partial charge in [0.1, 0.15) is 22.9 Å². The van der Waals surface area contributed by atoms with Crippen molar-refractivity contribution in [3.8, 4) is 5.75 Å². The Bertz CT molecular complexity index is 940. The SMILES string of the molecule is O=C(O)c1cnn2ccc(NC3CCOc4ccc(F)cc43)nc12. The molecule has 1 atom stereocenters. The molecule has 0 saturated carbocycles. The van der Waals surface area contributed by atoms with Crippen molar-refractivity contribution in [3.63, 3.8) is 0 Å². The molecule has 1 aliphatic heterocycles. The smallest absolute Gasteiger partial charge is 0.341 e. The number of carboxylic acids is 1. The summed E-state index contributed by atoms with van der Waals surface area (Å²) < 4.78 is 20.5. The van der Waals surface area contributed by atoms with Crippen molar-refractivity contribution in [1.29, 1.82) is 0 Å². The van der Waals surface area contributed by atoms with E-state index >= 15 is 0 Å². The van der Waals surface area contributed by atoms with Crippen molar-refractivity contribution < 1.29 is 19.0 Å². The number of benzene rings is 1. The van der Waals surface area contributed by atoms with Crippen LogP contribution in [0.5, 0.6) is 5.75 Å². The van der Waals surface area contributed by atoms with Gasteiger partial charge in [0.05, 0.1) is 18.8 Å². The first-order chi connectivity index (χ1) is 11.6. The summed E-state index contributed by atoms with van der Waals surface area (Å²) in [5.74, 6) is -0.295. The lowest BCUT2D eigenvalue weighted by molar-refractivity contribution is 0.0699. The van der Waals surface area contributed by atoms with E-state index in [0.29, 0.717) is 24.6 Å². The molecule has 3 aromatic rings. The number of aromatic carboxylic acids is 1. The lowest BCUT2D eigenvalue weighted by Gasteiger charge is -2.27. The topological polar surface area (TPSA) is 88.8 Å². The van der Waals surface area contributed by atoms with E-state index in [1.165, 1.54) is 22.8 Å². The van der Waals surface area contributed by atoms with E-state index in [-0.39, 0.29) is 23.1 Å². The van der Waals surface area contributed by atoms with E-state index in [0.717, 1.165) is 5.56 Å². The average molecular weight is 328 g/mol. The molecule has 1 unspecified atom stereocenters. The van der Waals surface area contributed by atoms with E-state index < -0.39 is 5.97 Å².